The first-order valence-electron chi connectivity index (χ1n) is 7.84. The van der Waals surface area contributed by atoms with Crippen LogP contribution < -0.4 is 15.4 Å². The van der Waals surface area contributed by atoms with E-state index in [1.54, 1.807) is 37.3 Å². The number of para-hydroxylation sites is 1. The second-order valence-electron chi connectivity index (χ2n) is 5.38. The first kappa shape index (κ1) is 17.1. The molecular weight excluding hydrogens is 344 g/mol. The van der Waals surface area contributed by atoms with Crippen LogP contribution in [0, 0.1) is 0 Å². The zero-order valence-electron chi connectivity index (χ0n) is 13.5. The highest BCUT2D eigenvalue weighted by Gasteiger charge is 2.28. The Bertz CT molecular complexity index is 809. The monoisotopic (exact) mass is 360 g/mol. The molecule has 7 heteroatoms. The molecule has 6 nitrogen and oxygen atoms in total. The summed E-state index contributed by atoms with van der Waals surface area (Å²) in [5.41, 5.74) is 1.26. The molecule has 0 saturated carbocycles. The third-order valence-corrected chi connectivity index (χ3v) is 3.90. The van der Waals surface area contributed by atoms with Crippen molar-refractivity contribution in [3.05, 3.63) is 53.1 Å². The molecule has 0 radical (unpaired) electrons. The molecule has 1 aliphatic heterocycles. The van der Waals surface area contributed by atoms with Crippen LogP contribution >= 0.6 is 11.6 Å². The standard InChI is InChI=1S/C18H17ClN2O4/c1-2-24-16(22)10-20-18(23)17-12-5-3-4-6-14(12)25-15-8-7-11(19)9-13(15)21-17/h3-9,17,21H,2,10H2,1H3,(H,20,23). The van der Waals surface area contributed by atoms with Gasteiger partial charge in [-0.2, -0.15) is 0 Å². The van der Waals surface area contributed by atoms with E-state index in [0.29, 0.717) is 27.8 Å². The van der Waals surface area contributed by atoms with Crippen LogP contribution in [0.2, 0.25) is 5.02 Å². The number of hydrogen-bond acceptors (Lipinski definition) is 5. The summed E-state index contributed by atoms with van der Waals surface area (Å²) in [4.78, 5) is 24.1. The Balaban J connectivity index is 1.89. The number of halogens is 1. The zero-order chi connectivity index (χ0) is 17.8. The van der Waals surface area contributed by atoms with Crippen molar-refractivity contribution in [1.29, 1.82) is 0 Å². The Hall–Kier alpha value is -2.73. The molecule has 1 heterocycles. The number of benzene rings is 2. The third kappa shape index (κ3) is 3.85. The normalized spacial score (nSPS) is 14.9. The van der Waals surface area contributed by atoms with Gasteiger partial charge in [0.1, 0.15) is 18.3 Å². The molecule has 0 aliphatic carbocycles. The van der Waals surface area contributed by atoms with Gasteiger partial charge in [-0.3, -0.25) is 9.59 Å². The van der Waals surface area contributed by atoms with E-state index >= 15 is 0 Å². The van der Waals surface area contributed by atoms with E-state index in [1.807, 2.05) is 12.1 Å². The number of carbonyl (C=O) groups excluding carboxylic acids is 2. The topological polar surface area (TPSA) is 76.7 Å². The number of nitrogens with one attached hydrogen (secondary N) is 2. The lowest BCUT2D eigenvalue weighted by Gasteiger charge is -2.18. The number of esters is 1. The zero-order valence-corrected chi connectivity index (χ0v) is 14.3. The van der Waals surface area contributed by atoms with Gasteiger partial charge < -0.3 is 20.1 Å². The van der Waals surface area contributed by atoms with Crippen LogP contribution in [0.3, 0.4) is 0 Å². The van der Waals surface area contributed by atoms with E-state index in [-0.39, 0.29) is 19.1 Å². The fraction of sp³-hybridized carbons (Fsp3) is 0.222. The van der Waals surface area contributed by atoms with Crippen LogP contribution in [0.15, 0.2) is 42.5 Å². The van der Waals surface area contributed by atoms with Crippen LogP contribution in [0.4, 0.5) is 5.69 Å². The third-order valence-electron chi connectivity index (χ3n) is 3.67. The Morgan fingerprint density at radius 2 is 2.04 bits per heavy atom. The van der Waals surface area contributed by atoms with Crippen molar-refractivity contribution in [2.45, 2.75) is 13.0 Å². The summed E-state index contributed by atoms with van der Waals surface area (Å²) in [7, 11) is 0. The van der Waals surface area contributed by atoms with Crippen molar-refractivity contribution in [3.8, 4) is 11.5 Å². The molecule has 2 aromatic rings. The lowest BCUT2D eigenvalue weighted by Crippen LogP contribution is -2.37. The lowest BCUT2D eigenvalue weighted by molar-refractivity contribution is -0.143. The smallest absolute Gasteiger partial charge is 0.325 e. The molecule has 1 atom stereocenters. The second kappa shape index (κ2) is 7.44. The molecule has 2 aromatic carbocycles. The molecule has 0 saturated heterocycles. The summed E-state index contributed by atoms with van der Waals surface area (Å²) in [5.74, 6) is 0.277. The number of carbonyl (C=O) groups is 2. The summed E-state index contributed by atoms with van der Waals surface area (Å²) in [6.45, 7) is 1.77. The van der Waals surface area contributed by atoms with Gasteiger partial charge in [-0.1, -0.05) is 29.8 Å². The highest BCUT2D eigenvalue weighted by Crippen LogP contribution is 2.41. The van der Waals surface area contributed by atoms with E-state index in [4.69, 9.17) is 21.1 Å². The number of rotatable bonds is 4. The Labute approximate surface area is 150 Å². The number of anilines is 1. The van der Waals surface area contributed by atoms with Crippen molar-refractivity contribution in [3.63, 3.8) is 0 Å². The molecule has 2 N–H and O–H groups in total. The van der Waals surface area contributed by atoms with Gasteiger partial charge in [-0.25, -0.2) is 0 Å². The molecule has 0 spiro atoms. The lowest BCUT2D eigenvalue weighted by atomic mass is 10.0. The fourth-order valence-corrected chi connectivity index (χ4v) is 2.72. The first-order chi connectivity index (χ1) is 12.1. The molecule has 1 aliphatic rings. The predicted octanol–water partition coefficient (Wildman–Crippen LogP) is 3.28. The summed E-state index contributed by atoms with van der Waals surface area (Å²) >= 11 is 6.05. The number of amides is 1. The van der Waals surface area contributed by atoms with Crippen molar-refractivity contribution in [1.82, 2.24) is 5.32 Å². The summed E-state index contributed by atoms with van der Waals surface area (Å²) in [6.07, 6.45) is 0. The largest absolute Gasteiger partial charge is 0.465 e. The van der Waals surface area contributed by atoms with E-state index in [9.17, 15) is 9.59 Å². The van der Waals surface area contributed by atoms with Crippen LogP contribution in [0.1, 0.15) is 18.5 Å². The minimum atomic E-state index is -0.731. The minimum absolute atomic E-state index is 0.198. The van der Waals surface area contributed by atoms with Gasteiger partial charge in [-0.15, -0.1) is 0 Å². The van der Waals surface area contributed by atoms with E-state index in [2.05, 4.69) is 10.6 Å². The molecule has 1 unspecified atom stereocenters. The average Bonchev–Trinajstić information content (AvgIpc) is 2.76. The van der Waals surface area contributed by atoms with Gasteiger partial charge in [0, 0.05) is 10.6 Å². The van der Waals surface area contributed by atoms with E-state index in [1.165, 1.54) is 0 Å². The Morgan fingerprint density at radius 1 is 1.24 bits per heavy atom. The minimum Gasteiger partial charge on any atom is -0.465 e. The SMILES string of the molecule is CCOC(=O)CNC(=O)C1Nc2cc(Cl)ccc2Oc2ccccc21. The highest BCUT2D eigenvalue weighted by atomic mass is 35.5. The number of fused-ring (bicyclic) bond motifs is 2. The molecule has 25 heavy (non-hydrogen) atoms. The van der Waals surface area contributed by atoms with Crippen LogP contribution in [0.25, 0.3) is 0 Å². The van der Waals surface area contributed by atoms with Gasteiger partial charge >= 0.3 is 5.97 Å². The number of ether oxygens (including phenoxy) is 2. The Morgan fingerprint density at radius 3 is 2.84 bits per heavy atom. The van der Waals surface area contributed by atoms with Gasteiger partial charge in [0.15, 0.2) is 5.75 Å². The fourth-order valence-electron chi connectivity index (χ4n) is 2.55. The van der Waals surface area contributed by atoms with Crippen molar-refractivity contribution >= 4 is 29.2 Å². The molecule has 0 bridgehead atoms. The molecule has 0 fully saturated rings. The molecule has 130 valence electrons. The van der Waals surface area contributed by atoms with Gasteiger partial charge in [0.25, 0.3) is 0 Å². The van der Waals surface area contributed by atoms with Crippen LogP contribution in [-0.4, -0.2) is 25.0 Å². The van der Waals surface area contributed by atoms with E-state index < -0.39 is 12.0 Å². The maximum absolute atomic E-state index is 12.6. The first-order valence-corrected chi connectivity index (χ1v) is 8.22. The molecule has 3 rings (SSSR count). The van der Waals surface area contributed by atoms with Crippen LogP contribution in [0.5, 0.6) is 11.5 Å². The summed E-state index contributed by atoms with van der Waals surface area (Å²) in [6, 6.07) is 11.6. The maximum Gasteiger partial charge on any atom is 0.325 e. The van der Waals surface area contributed by atoms with Crippen LogP contribution in [-0.2, 0) is 14.3 Å². The quantitative estimate of drug-likeness (QED) is 0.818. The summed E-state index contributed by atoms with van der Waals surface area (Å²) < 4.78 is 10.7. The maximum atomic E-state index is 12.6. The van der Waals surface area contributed by atoms with Crippen molar-refractivity contribution in [2.24, 2.45) is 0 Å². The average molecular weight is 361 g/mol. The van der Waals surface area contributed by atoms with Gasteiger partial charge in [-0.05, 0) is 31.2 Å². The van der Waals surface area contributed by atoms with Gasteiger partial charge in [0.05, 0.1) is 12.3 Å². The van der Waals surface area contributed by atoms with Gasteiger partial charge in [0.2, 0.25) is 5.91 Å². The highest BCUT2D eigenvalue weighted by molar-refractivity contribution is 6.31. The molecule has 0 aromatic heterocycles. The van der Waals surface area contributed by atoms with Crippen molar-refractivity contribution < 1.29 is 19.1 Å². The van der Waals surface area contributed by atoms with Crippen molar-refractivity contribution in [2.75, 3.05) is 18.5 Å². The summed E-state index contributed by atoms with van der Waals surface area (Å²) in [5, 5.41) is 6.24. The number of hydrogen-bond donors (Lipinski definition) is 2. The Kier molecular flexibility index (Phi) is 5.09. The van der Waals surface area contributed by atoms with E-state index in [0.717, 1.165) is 0 Å². The predicted molar refractivity (Wildman–Crippen MR) is 94.0 cm³/mol. The molecular formula is C18H17ClN2O4. The molecule has 1 amide bonds. The second-order valence-corrected chi connectivity index (χ2v) is 5.82.